The zero-order valence-electron chi connectivity index (χ0n) is 10.5. The van der Waals surface area contributed by atoms with Gasteiger partial charge in [-0.05, 0) is 30.6 Å². The van der Waals surface area contributed by atoms with Crippen LogP contribution >= 0.6 is 0 Å². The topological polar surface area (TPSA) is 28.7 Å². The fraction of sp³-hybridized carbons (Fsp3) is 0.643. The average Bonchev–Trinajstić information content (AvgIpc) is 2.75. The van der Waals surface area contributed by atoms with Gasteiger partial charge in [-0.3, -0.25) is 0 Å². The maximum absolute atomic E-state index is 4.07. The zero-order valence-corrected chi connectivity index (χ0v) is 10.5. The summed E-state index contributed by atoms with van der Waals surface area (Å²) < 4.78 is 0. The van der Waals surface area contributed by atoms with Crippen molar-refractivity contribution in [3.8, 4) is 0 Å². The van der Waals surface area contributed by atoms with E-state index in [2.05, 4.69) is 42.9 Å². The monoisotopic (exact) mass is 218 g/mol. The number of allylic oxidation sites excluding steroid dienone is 2. The Balaban J connectivity index is 1.71. The Morgan fingerprint density at radius 1 is 1.50 bits per heavy atom. The fourth-order valence-electron chi connectivity index (χ4n) is 2.04. The molecule has 0 radical (unpaired) electrons. The van der Waals surface area contributed by atoms with Crippen LogP contribution in [-0.2, 0) is 0 Å². The number of hydrogen-bond donors (Lipinski definition) is 1. The highest BCUT2D eigenvalue weighted by Crippen LogP contribution is 2.47. The van der Waals surface area contributed by atoms with Gasteiger partial charge in [-0.15, -0.1) is 0 Å². The minimum atomic E-state index is 0.455. The van der Waals surface area contributed by atoms with Crippen LogP contribution in [-0.4, -0.2) is 9.97 Å². The van der Waals surface area contributed by atoms with Gasteiger partial charge >= 0.3 is 0 Å². The summed E-state index contributed by atoms with van der Waals surface area (Å²) in [5.74, 6) is 1.45. The van der Waals surface area contributed by atoms with Crippen molar-refractivity contribution in [2.75, 3.05) is 0 Å². The summed E-state index contributed by atoms with van der Waals surface area (Å²) in [6.45, 7) is 6.89. The maximum Gasteiger partial charge on any atom is 0.0921 e. The van der Waals surface area contributed by atoms with Gasteiger partial charge < -0.3 is 4.98 Å². The van der Waals surface area contributed by atoms with Crippen LogP contribution in [0.1, 0.15) is 51.6 Å². The van der Waals surface area contributed by atoms with Crippen LogP contribution in [0.25, 0.3) is 0 Å². The number of imidazole rings is 1. The lowest BCUT2D eigenvalue weighted by atomic mass is 9.90. The number of aromatic amines is 1. The molecule has 88 valence electrons. The molecule has 0 aromatic carbocycles. The molecule has 0 spiro atoms. The third-order valence-corrected chi connectivity index (χ3v) is 3.20. The molecule has 0 unspecified atom stereocenters. The Morgan fingerprint density at radius 2 is 2.31 bits per heavy atom. The van der Waals surface area contributed by atoms with Crippen molar-refractivity contribution < 1.29 is 0 Å². The van der Waals surface area contributed by atoms with Crippen molar-refractivity contribution in [3.63, 3.8) is 0 Å². The number of nitrogens with one attached hydrogen (secondary N) is 1. The number of hydrogen-bond acceptors (Lipinski definition) is 1. The van der Waals surface area contributed by atoms with Crippen molar-refractivity contribution >= 4 is 0 Å². The van der Waals surface area contributed by atoms with Crippen molar-refractivity contribution in [1.29, 1.82) is 0 Å². The molecule has 2 heteroatoms. The Hall–Kier alpha value is -1.05. The second kappa shape index (κ2) is 4.44. The van der Waals surface area contributed by atoms with Gasteiger partial charge in [-0.25, -0.2) is 4.98 Å². The molecule has 1 heterocycles. The summed E-state index contributed by atoms with van der Waals surface area (Å²) in [6.07, 6.45) is 12.2. The van der Waals surface area contributed by atoms with E-state index in [1.165, 1.54) is 25.0 Å². The minimum Gasteiger partial charge on any atom is -0.348 e. The summed E-state index contributed by atoms with van der Waals surface area (Å²) in [5, 5.41) is 0. The summed E-state index contributed by atoms with van der Waals surface area (Å²) in [6, 6.07) is 0. The van der Waals surface area contributed by atoms with E-state index in [4.69, 9.17) is 0 Å². The standard InChI is InChI=1S/C14H22N2/c1-14(2,3)7-5-4-6-11-8-12(11)13-9-15-10-16-13/h4,6,9-12H,5,7-8H2,1-3H3,(H,15,16)/t11-,12+/m0/s1. The Labute approximate surface area is 98.2 Å². The first-order chi connectivity index (χ1) is 7.56. The van der Waals surface area contributed by atoms with E-state index < -0.39 is 0 Å². The normalized spacial score (nSPS) is 25.2. The largest absolute Gasteiger partial charge is 0.348 e. The van der Waals surface area contributed by atoms with Crippen LogP contribution in [0.2, 0.25) is 0 Å². The fourth-order valence-corrected chi connectivity index (χ4v) is 2.04. The molecule has 0 bridgehead atoms. The highest BCUT2D eigenvalue weighted by Gasteiger charge is 2.36. The highest BCUT2D eigenvalue weighted by molar-refractivity contribution is 5.19. The van der Waals surface area contributed by atoms with Gasteiger partial charge in [0.15, 0.2) is 0 Å². The molecule has 0 amide bonds. The molecule has 1 aromatic rings. The van der Waals surface area contributed by atoms with E-state index in [0.29, 0.717) is 11.3 Å². The number of rotatable bonds is 4. The second-order valence-corrected chi connectivity index (χ2v) is 6.04. The molecule has 0 aliphatic heterocycles. The van der Waals surface area contributed by atoms with Gasteiger partial charge in [-0.2, -0.15) is 0 Å². The second-order valence-electron chi connectivity index (χ2n) is 6.04. The first kappa shape index (κ1) is 11.4. The van der Waals surface area contributed by atoms with Crippen molar-refractivity contribution in [1.82, 2.24) is 9.97 Å². The molecule has 0 saturated heterocycles. The quantitative estimate of drug-likeness (QED) is 0.763. The van der Waals surface area contributed by atoms with Crippen LogP contribution in [0.15, 0.2) is 24.7 Å². The first-order valence-corrected chi connectivity index (χ1v) is 6.21. The molecule has 16 heavy (non-hydrogen) atoms. The van der Waals surface area contributed by atoms with E-state index in [0.717, 1.165) is 5.92 Å². The molecule has 1 aliphatic carbocycles. The Morgan fingerprint density at radius 3 is 2.94 bits per heavy atom. The molecule has 2 atom stereocenters. The SMILES string of the molecule is CC(C)(C)CCC=C[C@H]1C[C@H]1c1cnc[nH]1. The van der Waals surface area contributed by atoms with E-state index >= 15 is 0 Å². The smallest absolute Gasteiger partial charge is 0.0921 e. The lowest BCUT2D eigenvalue weighted by Crippen LogP contribution is -2.02. The molecule has 2 nitrogen and oxygen atoms in total. The van der Waals surface area contributed by atoms with Gasteiger partial charge in [0, 0.05) is 17.8 Å². The van der Waals surface area contributed by atoms with Crippen LogP contribution in [0.5, 0.6) is 0 Å². The van der Waals surface area contributed by atoms with Gasteiger partial charge in [-0.1, -0.05) is 32.9 Å². The Kier molecular flexibility index (Phi) is 3.17. The molecular formula is C14H22N2. The molecule has 1 N–H and O–H groups in total. The molecule has 1 fully saturated rings. The number of H-pyrrole nitrogens is 1. The van der Waals surface area contributed by atoms with Gasteiger partial charge in [0.1, 0.15) is 0 Å². The summed E-state index contributed by atoms with van der Waals surface area (Å²) in [5.41, 5.74) is 1.75. The molecule has 1 aromatic heterocycles. The van der Waals surface area contributed by atoms with Gasteiger partial charge in [0.05, 0.1) is 6.33 Å². The molecule has 2 rings (SSSR count). The minimum absolute atomic E-state index is 0.455. The average molecular weight is 218 g/mol. The number of nitrogens with zero attached hydrogens (tertiary/aromatic N) is 1. The first-order valence-electron chi connectivity index (χ1n) is 6.21. The predicted molar refractivity (Wildman–Crippen MR) is 67.3 cm³/mol. The van der Waals surface area contributed by atoms with Gasteiger partial charge in [0.25, 0.3) is 0 Å². The summed E-state index contributed by atoms with van der Waals surface area (Å²) >= 11 is 0. The van der Waals surface area contributed by atoms with E-state index in [9.17, 15) is 0 Å². The maximum atomic E-state index is 4.07. The van der Waals surface area contributed by atoms with Crippen LogP contribution in [0.4, 0.5) is 0 Å². The van der Waals surface area contributed by atoms with E-state index in [1.807, 2.05) is 6.20 Å². The molecule has 1 saturated carbocycles. The van der Waals surface area contributed by atoms with Crippen molar-refractivity contribution in [3.05, 3.63) is 30.4 Å². The molecular weight excluding hydrogens is 196 g/mol. The Bertz CT molecular complexity index is 343. The van der Waals surface area contributed by atoms with Gasteiger partial charge in [0.2, 0.25) is 0 Å². The van der Waals surface area contributed by atoms with Crippen LogP contribution in [0, 0.1) is 11.3 Å². The third kappa shape index (κ3) is 3.22. The van der Waals surface area contributed by atoms with E-state index in [1.54, 1.807) is 6.33 Å². The van der Waals surface area contributed by atoms with Crippen LogP contribution < -0.4 is 0 Å². The molecule has 1 aliphatic rings. The van der Waals surface area contributed by atoms with Crippen LogP contribution in [0.3, 0.4) is 0 Å². The zero-order chi connectivity index (χ0) is 11.6. The summed E-state index contributed by atoms with van der Waals surface area (Å²) in [4.78, 5) is 7.27. The third-order valence-electron chi connectivity index (χ3n) is 3.20. The van der Waals surface area contributed by atoms with E-state index in [-0.39, 0.29) is 0 Å². The highest BCUT2D eigenvalue weighted by atomic mass is 14.9. The summed E-state index contributed by atoms with van der Waals surface area (Å²) in [7, 11) is 0. The number of aromatic nitrogens is 2. The lowest BCUT2D eigenvalue weighted by Gasteiger charge is -2.15. The predicted octanol–water partition coefficient (Wildman–Crippen LogP) is 3.90. The lowest BCUT2D eigenvalue weighted by molar-refractivity contribution is 0.381. The van der Waals surface area contributed by atoms with Crippen molar-refractivity contribution in [2.24, 2.45) is 11.3 Å². The van der Waals surface area contributed by atoms with Crippen molar-refractivity contribution in [2.45, 2.75) is 46.0 Å².